The minimum absolute atomic E-state index is 0.516. The van der Waals surface area contributed by atoms with Crippen LogP contribution >= 0.6 is 0 Å². The molecule has 0 spiro atoms. The average molecular weight is 140 g/mol. The highest BCUT2D eigenvalue weighted by Gasteiger charge is 2.08. The number of amidine groups is 1. The van der Waals surface area contributed by atoms with Gasteiger partial charge in [-0.2, -0.15) is 0 Å². The van der Waals surface area contributed by atoms with E-state index >= 15 is 0 Å². The molecule has 0 saturated heterocycles. The summed E-state index contributed by atoms with van der Waals surface area (Å²) in [5.74, 6) is 0.865. The fourth-order valence-electron chi connectivity index (χ4n) is 1.35. The first-order valence-corrected chi connectivity index (χ1v) is 4.15. The van der Waals surface area contributed by atoms with Gasteiger partial charge in [-0.25, -0.2) is 0 Å². The molecule has 0 saturated carbocycles. The Hall–Kier alpha value is -0.530. The van der Waals surface area contributed by atoms with Crippen LogP contribution in [0.1, 0.15) is 39.0 Å². The molecule has 0 radical (unpaired) electrons. The molecule has 0 aliphatic carbocycles. The van der Waals surface area contributed by atoms with Crippen molar-refractivity contribution in [3.8, 4) is 0 Å². The summed E-state index contributed by atoms with van der Waals surface area (Å²) in [6.07, 6.45) is 5.91. The van der Waals surface area contributed by atoms with E-state index in [1.54, 1.807) is 0 Å². The highest BCUT2D eigenvalue weighted by atomic mass is 14.9. The zero-order valence-corrected chi connectivity index (χ0v) is 6.64. The summed E-state index contributed by atoms with van der Waals surface area (Å²) in [4.78, 5) is 4.39. The summed E-state index contributed by atoms with van der Waals surface area (Å²) in [5, 5.41) is 0. The standard InChI is InChI=1S/C8H16N2/c1-2-7-5-3-4-6-8(9)10-7/h7H,2-6H2,1H3,(H2,9,10). The second-order valence-electron chi connectivity index (χ2n) is 2.93. The maximum absolute atomic E-state index is 5.65. The normalized spacial score (nSPS) is 27.3. The van der Waals surface area contributed by atoms with Crippen molar-refractivity contribution >= 4 is 5.84 Å². The van der Waals surface area contributed by atoms with Crippen LogP contribution in [0.25, 0.3) is 0 Å². The van der Waals surface area contributed by atoms with Crippen LogP contribution in [0.3, 0.4) is 0 Å². The van der Waals surface area contributed by atoms with E-state index < -0.39 is 0 Å². The Balaban J connectivity index is 2.48. The summed E-state index contributed by atoms with van der Waals surface area (Å²) in [5.41, 5.74) is 5.65. The minimum atomic E-state index is 0.516. The third-order valence-electron chi connectivity index (χ3n) is 2.04. The Morgan fingerprint density at radius 1 is 1.60 bits per heavy atom. The summed E-state index contributed by atoms with van der Waals surface area (Å²) in [6.45, 7) is 2.17. The summed E-state index contributed by atoms with van der Waals surface area (Å²) in [6, 6.07) is 0.516. The Labute approximate surface area is 62.5 Å². The third-order valence-corrected chi connectivity index (χ3v) is 2.04. The van der Waals surface area contributed by atoms with Gasteiger partial charge in [0.2, 0.25) is 0 Å². The van der Waals surface area contributed by atoms with Crippen LogP contribution in [0, 0.1) is 0 Å². The number of nitrogens with zero attached hydrogens (tertiary/aromatic N) is 1. The predicted octanol–water partition coefficient (Wildman–Crippen LogP) is 1.70. The molecular formula is C8H16N2. The Morgan fingerprint density at radius 2 is 2.40 bits per heavy atom. The first-order valence-electron chi connectivity index (χ1n) is 4.15. The van der Waals surface area contributed by atoms with Crippen molar-refractivity contribution in [1.29, 1.82) is 0 Å². The topological polar surface area (TPSA) is 38.4 Å². The lowest BCUT2D eigenvalue weighted by Gasteiger charge is -2.05. The third kappa shape index (κ3) is 2.01. The predicted molar refractivity (Wildman–Crippen MR) is 44.2 cm³/mol. The molecule has 2 heteroatoms. The van der Waals surface area contributed by atoms with Crippen LogP contribution in [0.15, 0.2) is 4.99 Å². The second kappa shape index (κ2) is 3.59. The van der Waals surface area contributed by atoms with E-state index in [4.69, 9.17) is 5.73 Å². The van der Waals surface area contributed by atoms with Gasteiger partial charge in [0.15, 0.2) is 0 Å². The van der Waals surface area contributed by atoms with Crippen LogP contribution < -0.4 is 5.73 Å². The van der Waals surface area contributed by atoms with E-state index in [0.29, 0.717) is 6.04 Å². The van der Waals surface area contributed by atoms with Gasteiger partial charge in [0.05, 0.1) is 11.9 Å². The van der Waals surface area contributed by atoms with Crippen molar-refractivity contribution in [1.82, 2.24) is 0 Å². The number of hydrogen-bond donors (Lipinski definition) is 1. The molecule has 10 heavy (non-hydrogen) atoms. The van der Waals surface area contributed by atoms with Crippen LogP contribution in [0.4, 0.5) is 0 Å². The van der Waals surface area contributed by atoms with Gasteiger partial charge in [-0.15, -0.1) is 0 Å². The molecular weight excluding hydrogens is 124 g/mol. The zero-order valence-electron chi connectivity index (χ0n) is 6.64. The van der Waals surface area contributed by atoms with Gasteiger partial charge in [-0.1, -0.05) is 13.3 Å². The molecule has 0 amide bonds. The molecule has 58 valence electrons. The molecule has 1 heterocycles. The Bertz CT molecular complexity index is 129. The number of hydrogen-bond acceptors (Lipinski definition) is 2. The summed E-state index contributed by atoms with van der Waals surface area (Å²) < 4.78 is 0. The second-order valence-corrected chi connectivity index (χ2v) is 2.93. The monoisotopic (exact) mass is 140 g/mol. The van der Waals surface area contributed by atoms with Crippen molar-refractivity contribution in [2.24, 2.45) is 10.7 Å². The van der Waals surface area contributed by atoms with Gasteiger partial charge < -0.3 is 5.73 Å². The first kappa shape index (κ1) is 7.58. The highest BCUT2D eigenvalue weighted by molar-refractivity contribution is 5.80. The van der Waals surface area contributed by atoms with E-state index in [0.717, 1.165) is 18.7 Å². The zero-order chi connectivity index (χ0) is 7.40. The van der Waals surface area contributed by atoms with Crippen LogP contribution in [0.5, 0.6) is 0 Å². The molecule has 2 nitrogen and oxygen atoms in total. The average Bonchev–Trinajstić information content (AvgIpc) is 2.13. The van der Waals surface area contributed by atoms with E-state index in [1.807, 2.05) is 0 Å². The lowest BCUT2D eigenvalue weighted by molar-refractivity contribution is 0.576. The van der Waals surface area contributed by atoms with E-state index in [1.165, 1.54) is 19.3 Å². The van der Waals surface area contributed by atoms with Gasteiger partial charge in [0.1, 0.15) is 0 Å². The van der Waals surface area contributed by atoms with Crippen molar-refractivity contribution in [3.05, 3.63) is 0 Å². The van der Waals surface area contributed by atoms with E-state index in [2.05, 4.69) is 11.9 Å². The molecule has 1 unspecified atom stereocenters. The van der Waals surface area contributed by atoms with Crippen molar-refractivity contribution in [3.63, 3.8) is 0 Å². The van der Waals surface area contributed by atoms with Crippen molar-refractivity contribution < 1.29 is 0 Å². The molecule has 0 fully saturated rings. The molecule has 1 aliphatic heterocycles. The Morgan fingerprint density at radius 3 is 3.10 bits per heavy atom. The molecule has 0 aromatic heterocycles. The van der Waals surface area contributed by atoms with E-state index in [-0.39, 0.29) is 0 Å². The van der Waals surface area contributed by atoms with Gasteiger partial charge in [0.25, 0.3) is 0 Å². The molecule has 0 bridgehead atoms. The molecule has 0 aromatic carbocycles. The SMILES string of the molecule is CCC1CCCCC(N)=N1. The molecule has 2 N–H and O–H groups in total. The number of aliphatic imine (C=N–C) groups is 1. The Kier molecular flexibility index (Phi) is 2.72. The maximum atomic E-state index is 5.65. The van der Waals surface area contributed by atoms with Gasteiger partial charge in [-0.3, -0.25) is 4.99 Å². The van der Waals surface area contributed by atoms with Gasteiger partial charge in [0, 0.05) is 6.42 Å². The first-order chi connectivity index (χ1) is 4.83. The largest absolute Gasteiger partial charge is 0.387 e. The fourth-order valence-corrected chi connectivity index (χ4v) is 1.35. The highest BCUT2D eigenvalue weighted by Crippen LogP contribution is 2.13. The van der Waals surface area contributed by atoms with Gasteiger partial charge in [-0.05, 0) is 19.3 Å². The minimum Gasteiger partial charge on any atom is -0.387 e. The summed E-state index contributed by atoms with van der Waals surface area (Å²) >= 11 is 0. The lowest BCUT2D eigenvalue weighted by Crippen LogP contribution is -2.13. The lowest BCUT2D eigenvalue weighted by atomic mass is 10.1. The van der Waals surface area contributed by atoms with Crippen LogP contribution in [0.2, 0.25) is 0 Å². The van der Waals surface area contributed by atoms with Crippen molar-refractivity contribution in [2.75, 3.05) is 0 Å². The molecule has 1 atom stereocenters. The maximum Gasteiger partial charge on any atom is 0.0940 e. The number of rotatable bonds is 1. The smallest absolute Gasteiger partial charge is 0.0940 e. The van der Waals surface area contributed by atoms with E-state index in [9.17, 15) is 0 Å². The van der Waals surface area contributed by atoms with Crippen LogP contribution in [-0.2, 0) is 0 Å². The fraction of sp³-hybridized carbons (Fsp3) is 0.875. The molecule has 1 aliphatic rings. The van der Waals surface area contributed by atoms with Crippen molar-refractivity contribution in [2.45, 2.75) is 45.1 Å². The molecule has 1 rings (SSSR count). The quantitative estimate of drug-likeness (QED) is 0.591. The van der Waals surface area contributed by atoms with Gasteiger partial charge >= 0.3 is 0 Å². The van der Waals surface area contributed by atoms with Crippen LogP contribution in [-0.4, -0.2) is 11.9 Å². The number of nitrogens with two attached hydrogens (primary N) is 1. The molecule has 0 aromatic rings. The summed E-state index contributed by atoms with van der Waals surface area (Å²) in [7, 11) is 0.